The van der Waals surface area contributed by atoms with Gasteiger partial charge in [-0.1, -0.05) is 24.3 Å². The summed E-state index contributed by atoms with van der Waals surface area (Å²) in [6.07, 6.45) is 0.860. The summed E-state index contributed by atoms with van der Waals surface area (Å²) in [5.74, 6) is 0.499. The van der Waals surface area contributed by atoms with E-state index in [9.17, 15) is 9.18 Å². The van der Waals surface area contributed by atoms with Crippen LogP contribution in [-0.4, -0.2) is 53.4 Å². The maximum absolute atomic E-state index is 13.4. The van der Waals surface area contributed by atoms with Gasteiger partial charge in [-0.2, -0.15) is 4.98 Å². The van der Waals surface area contributed by atoms with Gasteiger partial charge in [0.05, 0.1) is 6.61 Å². The molecule has 162 valence electrons. The number of hydrogen-bond acceptors (Lipinski definition) is 5. The number of aromatic nitrogens is 1. The van der Waals surface area contributed by atoms with Crippen molar-refractivity contribution in [1.29, 1.82) is 0 Å². The lowest BCUT2D eigenvalue weighted by molar-refractivity contribution is 0.197. The predicted octanol–water partition coefficient (Wildman–Crippen LogP) is 3.14. The first-order valence-corrected chi connectivity index (χ1v) is 10.3. The fourth-order valence-electron chi connectivity index (χ4n) is 3.77. The largest absolute Gasteiger partial charge is 0.475 e. The van der Waals surface area contributed by atoms with Crippen LogP contribution in [0.2, 0.25) is 0 Å². The zero-order valence-corrected chi connectivity index (χ0v) is 17.1. The molecule has 3 N–H and O–H groups in total. The third kappa shape index (κ3) is 5.68. The molecular formula is C23H25FN4O3. The molecule has 31 heavy (non-hydrogen) atoms. The van der Waals surface area contributed by atoms with Crippen LogP contribution in [0.25, 0.3) is 10.8 Å². The number of pyridine rings is 1. The van der Waals surface area contributed by atoms with Crippen LogP contribution in [0.4, 0.5) is 15.0 Å². The van der Waals surface area contributed by atoms with Gasteiger partial charge in [0.25, 0.3) is 0 Å². The second-order valence-electron chi connectivity index (χ2n) is 7.58. The summed E-state index contributed by atoms with van der Waals surface area (Å²) in [6, 6.07) is 15.7. The molecule has 1 fully saturated rings. The number of urea groups is 1. The molecule has 8 heteroatoms. The summed E-state index contributed by atoms with van der Waals surface area (Å²) in [5.41, 5.74) is 1.16. The lowest BCUT2D eigenvalue weighted by Crippen LogP contribution is -2.39. The first kappa shape index (κ1) is 21.0. The Hall–Kier alpha value is -3.23. The fraction of sp³-hybridized carbons (Fsp3) is 0.304. The second-order valence-corrected chi connectivity index (χ2v) is 7.58. The number of aliphatic hydroxyl groups is 1. The number of nitrogens with one attached hydrogen (secondary N) is 2. The molecule has 2 amide bonds. The van der Waals surface area contributed by atoms with E-state index in [1.54, 1.807) is 24.3 Å². The van der Waals surface area contributed by atoms with Crippen LogP contribution in [0.1, 0.15) is 12.0 Å². The van der Waals surface area contributed by atoms with Crippen molar-refractivity contribution in [2.24, 2.45) is 0 Å². The number of nitrogens with zero attached hydrogens (tertiary/aromatic N) is 2. The Labute approximate surface area is 179 Å². The molecule has 7 nitrogen and oxygen atoms in total. The molecular weight excluding hydrogens is 399 g/mol. The van der Waals surface area contributed by atoms with Gasteiger partial charge in [0.2, 0.25) is 5.88 Å². The standard InChI is InChI=1S/C23H25FN4O3/c24-19-7-6-17-12-16(4-5-18(17)13-19)14-28-9-8-20(15-28)25-23(30)27-21-2-1-3-22(26-21)31-11-10-29/h1-7,12-13,20,29H,8-11,14-15H2,(H2,25,26,27,30)/t20-/m1/s1. The van der Waals surface area contributed by atoms with Gasteiger partial charge < -0.3 is 15.2 Å². The van der Waals surface area contributed by atoms with E-state index < -0.39 is 0 Å². The fourth-order valence-corrected chi connectivity index (χ4v) is 3.77. The molecule has 3 aromatic rings. The highest BCUT2D eigenvalue weighted by Gasteiger charge is 2.24. The number of hydrogen-bond donors (Lipinski definition) is 3. The normalized spacial score (nSPS) is 16.4. The number of benzene rings is 2. The topological polar surface area (TPSA) is 86.7 Å². The van der Waals surface area contributed by atoms with E-state index in [1.165, 1.54) is 12.1 Å². The molecule has 1 aliphatic rings. The monoisotopic (exact) mass is 424 g/mol. The molecule has 1 aliphatic heterocycles. The molecule has 0 spiro atoms. The minimum Gasteiger partial charge on any atom is -0.475 e. The number of amides is 2. The zero-order valence-electron chi connectivity index (χ0n) is 17.1. The predicted molar refractivity (Wildman–Crippen MR) is 117 cm³/mol. The van der Waals surface area contributed by atoms with E-state index in [-0.39, 0.29) is 31.1 Å². The van der Waals surface area contributed by atoms with Gasteiger partial charge in [0, 0.05) is 31.7 Å². The number of aliphatic hydroxyl groups excluding tert-OH is 1. The molecule has 1 atom stereocenters. The Morgan fingerprint density at radius 2 is 2.03 bits per heavy atom. The van der Waals surface area contributed by atoms with Crippen molar-refractivity contribution in [3.8, 4) is 5.88 Å². The van der Waals surface area contributed by atoms with Gasteiger partial charge in [-0.3, -0.25) is 10.2 Å². The molecule has 0 bridgehead atoms. The number of likely N-dealkylation sites (tertiary alicyclic amines) is 1. The number of halogens is 1. The number of rotatable bonds is 7. The van der Waals surface area contributed by atoms with E-state index in [2.05, 4.69) is 26.6 Å². The Morgan fingerprint density at radius 1 is 1.19 bits per heavy atom. The Bertz CT molecular complexity index is 1060. The van der Waals surface area contributed by atoms with Crippen molar-refractivity contribution in [3.63, 3.8) is 0 Å². The van der Waals surface area contributed by atoms with Crippen LogP contribution in [-0.2, 0) is 6.54 Å². The van der Waals surface area contributed by atoms with Crippen molar-refractivity contribution >= 4 is 22.6 Å². The highest BCUT2D eigenvalue weighted by atomic mass is 19.1. The molecule has 0 aliphatic carbocycles. The summed E-state index contributed by atoms with van der Waals surface area (Å²) in [4.78, 5) is 18.8. The molecule has 4 rings (SSSR count). The summed E-state index contributed by atoms with van der Waals surface area (Å²) in [7, 11) is 0. The number of carbonyl (C=O) groups is 1. The average Bonchev–Trinajstić information content (AvgIpc) is 3.19. The minimum atomic E-state index is -0.314. The first-order chi connectivity index (χ1) is 15.1. The summed E-state index contributed by atoms with van der Waals surface area (Å²) >= 11 is 0. The number of ether oxygens (including phenoxy) is 1. The van der Waals surface area contributed by atoms with Crippen LogP contribution in [0.3, 0.4) is 0 Å². The maximum atomic E-state index is 13.4. The van der Waals surface area contributed by atoms with Crippen molar-refractivity contribution in [2.75, 3.05) is 31.6 Å². The lowest BCUT2D eigenvalue weighted by Gasteiger charge is -2.17. The van der Waals surface area contributed by atoms with Crippen LogP contribution < -0.4 is 15.4 Å². The SMILES string of the molecule is O=C(Nc1cccc(OCCO)n1)N[C@@H]1CCN(Cc2ccc3cc(F)ccc3c2)C1. The van der Waals surface area contributed by atoms with Crippen LogP contribution in [0.15, 0.2) is 54.6 Å². The van der Waals surface area contributed by atoms with Crippen LogP contribution in [0, 0.1) is 5.82 Å². The van der Waals surface area contributed by atoms with Gasteiger partial charge in [0.1, 0.15) is 18.2 Å². The Morgan fingerprint density at radius 3 is 2.90 bits per heavy atom. The molecule has 1 aromatic heterocycles. The van der Waals surface area contributed by atoms with E-state index in [1.807, 2.05) is 12.1 Å². The highest BCUT2D eigenvalue weighted by Crippen LogP contribution is 2.20. The van der Waals surface area contributed by atoms with E-state index in [0.29, 0.717) is 11.7 Å². The van der Waals surface area contributed by atoms with Gasteiger partial charge >= 0.3 is 6.03 Å². The highest BCUT2D eigenvalue weighted by molar-refractivity contribution is 5.88. The van der Waals surface area contributed by atoms with Crippen molar-refractivity contribution in [2.45, 2.75) is 19.0 Å². The quantitative estimate of drug-likeness (QED) is 0.543. The maximum Gasteiger partial charge on any atom is 0.320 e. The summed E-state index contributed by atoms with van der Waals surface area (Å²) < 4.78 is 18.6. The van der Waals surface area contributed by atoms with Gasteiger partial charge in [-0.15, -0.1) is 0 Å². The van der Waals surface area contributed by atoms with Crippen LogP contribution >= 0.6 is 0 Å². The molecule has 0 radical (unpaired) electrons. The molecule has 2 heterocycles. The van der Waals surface area contributed by atoms with E-state index in [4.69, 9.17) is 9.84 Å². The Kier molecular flexibility index (Phi) is 6.59. The molecule has 0 saturated carbocycles. The molecule has 1 saturated heterocycles. The third-order valence-electron chi connectivity index (χ3n) is 5.19. The van der Waals surface area contributed by atoms with E-state index >= 15 is 0 Å². The Balaban J connectivity index is 1.28. The van der Waals surface area contributed by atoms with Crippen molar-refractivity contribution in [1.82, 2.24) is 15.2 Å². The number of anilines is 1. The van der Waals surface area contributed by atoms with Crippen molar-refractivity contribution in [3.05, 3.63) is 66.0 Å². The lowest BCUT2D eigenvalue weighted by atomic mass is 10.1. The smallest absolute Gasteiger partial charge is 0.320 e. The molecule has 0 unspecified atom stereocenters. The number of fused-ring (bicyclic) bond motifs is 1. The minimum absolute atomic E-state index is 0.0448. The number of carbonyl (C=O) groups excluding carboxylic acids is 1. The second kappa shape index (κ2) is 9.72. The average molecular weight is 424 g/mol. The first-order valence-electron chi connectivity index (χ1n) is 10.3. The third-order valence-corrected chi connectivity index (χ3v) is 5.19. The van der Waals surface area contributed by atoms with Crippen LogP contribution in [0.5, 0.6) is 5.88 Å². The van der Waals surface area contributed by atoms with E-state index in [0.717, 1.165) is 42.4 Å². The summed E-state index contributed by atoms with van der Waals surface area (Å²) in [6.45, 7) is 2.46. The molecule has 2 aromatic carbocycles. The summed E-state index contributed by atoms with van der Waals surface area (Å²) in [5, 5.41) is 16.4. The van der Waals surface area contributed by atoms with Gasteiger partial charge in [-0.05, 0) is 47.0 Å². The van der Waals surface area contributed by atoms with Gasteiger partial charge in [-0.25, -0.2) is 9.18 Å². The zero-order chi connectivity index (χ0) is 21.6. The van der Waals surface area contributed by atoms with Gasteiger partial charge in [0.15, 0.2) is 0 Å². The van der Waals surface area contributed by atoms with Crippen molar-refractivity contribution < 1.29 is 19.0 Å².